The van der Waals surface area contributed by atoms with E-state index in [2.05, 4.69) is 50.3 Å². The van der Waals surface area contributed by atoms with E-state index in [4.69, 9.17) is 0 Å². The van der Waals surface area contributed by atoms with E-state index in [-0.39, 0.29) is 0 Å². The van der Waals surface area contributed by atoms with Crippen molar-refractivity contribution in [1.82, 2.24) is 4.98 Å². The second-order valence-corrected chi connectivity index (χ2v) is 6.13. The first-order chi connectivity index (χ1) is 11.3. The maximum atomic E-state index is 10.6. The van der Waals surface area contributed by atoms with Crippen molar-refractivity contribution in [3.8, 4) is 0 Å². The first-order valence-corrected chi connectivity index (χ1v) is 8.19. The minimum absolute atomic E-state index is 0.599. The van der Waals surface area contributed by atoms with E-state index in [1.807, 2.05) is 19.2 Å². The van der Waals surface area contributed by atoms with E-state index < -0.39 is 0 Å². The van der Waals surface area contributed by atoms with Gasteiger partial charge in [0.15, 0.2) is 0 Å². The van der Waals surface area contributed by atoms with Crippen LogP contribution in [0.3, 0.4) is 0 Å². The fourth-order valence-electron chi connectivity index (χ4n) is 2.11. The fourth-order valence-corrected chi connectivity index (χ4v) is 2.11. The van der Waals surface area contributed by atoms with Crippen molar-refractivity contribution in [2.24, 2.45) is 4.99 Å². The molecule has 1 aromatic rings. The Morgan fingerprint density at radius 3 is 2.50 bits per heavy atom. The van der Waals surface area contributed by atoms with E-state index >= 15 is 0 Å². The van der Waals surface area contributed by atoms with Gasteiger partial charge in [0.05, 0.1) is 0 Å². The molecule has 0 radical (unpaired) electrons. The molecule has 1 heterocycles. The Kier molecular flexibility index (Phi) is 7.37. The number of aliphatic imine (C=N–C) groups is 1. The van der Waals surface area contributed by atoms with Crippen LogP contribution in [-0.2, 0) is 4.79 Å². The molecule has 0 atom stereocenters. The minimum Gasteiger partial charge on any atom is -0.361 e. The predicted molar refractivity (Wildman–Crippen MR) is 104 cm³/mol. The molecule has 24 heavy (non-hydrogen) atoms. The van der Waals surface area contributed by atoms with E-state index in [1.54, 1.807) is 13.1 Å². The molecule has 0 spiro atoms. The predicted octanol–water partition coefficient (Wildman–Crippen LogP) is 5.63. The summed E-state index contributed by atoms with van der Waals surface area (Å²) >= 11 is 0. The van der Waals surface area contributed by atoms with E-state index in [1.165, 1.54) is 11.1 Å². The van der Waals surface area contributed by atoms with Crippen molar-refractivity contribution < 1.29 is 4.79 Å². The zero-order chi connectivity index (χ0) is 18.3. The molecule has 0 aliphatic carbocycles. The first-order valence-electron chi connectivity index (χ1n) is 8.19. The van der Waals surface area contributed by atoms with Crippen LogP contribution in [0.4, 0.5) is 0 Å². The van der Waals surface area contributed by atoms with Crippen LogP contribution in [0.2, 0.25) is 0 Å². The van der Waals surface area contributed by atoms with Gasteiger partial charge in [-0.3, -0.25) is 9.79 Å². The number of rotatable bonds is 7. The third-order valence-electron chi connectivity index (χ3n) is 4.19. The number of hydrogen-bond donors (Lipinski definition) is 1. The Morgan fingerprint density at radius 1 is 1.25 bits per heavy atom. The highest BCUT2D eigenvalue weighted by molar-refractivity contribution is 6.00. The lowest BCUT2D eigenvalue weighted by Gasteiger charge is -2.06. The highest BCUT2D eigenvalue weighted by atomic mass is 16.1. The van der Waals surface area contributed by atoms with Crippen molar-refractivity contribution in [2.45, 2.75) is 48.0 Å². The third-order valence-corrected chi connectivity index (χ3v) is 4.19. The Bertz CT molecular complexity index is 740. The van der Waals surface area contributed by atoms with Crippen LogP contribution >= 0.6 is 0 Å². The van der Waals surface area contributed by atoms with Gasteiger partial charge < -0.3 is 4.98 Å². The summed E-state index contributed by atoms with van der Waals surface area (Å²) in [4.78, 5) is 18.2. The van der Waals surface area contributed by atoms with Gasteiger partial charge in [-0.15, -0.1) is 0 Å². The minimum atomic E-state index is 0.599. The molecule has 0 unspecified atom stereocenters. The van der Waals surface area contributed by atoms with Gasteiger partial charge in [-0.05, 0) is 58.3 Å². The standard InChI is InChI=1S/C21H28N2O/c1-8-15(3)16(4)9-17(5)18(6)21-10-20(12-23-21)19(7)22-11-14(2)13-24/h9-13,23H,6,8H2,1-5,7H3/b14-11+,16-15+,17-9+,22-19?. The number of H-pyrrole nitrogens is 1. The van der Waals surface area contributed by atoms with E-state index in [0.29, 0.717) is 5.57 Å². The Labute approximate surface area is 145 Å². The van der Waals surface area contributed by atoms with Crippen molar-refractivity contribution in [2.75, 3.05) is 0 Å². The molecule has 3 heteroatoms. The highest BCUT2D eigenvalue weighted by Crippen LogP contribution is 2.23. The smallest absolute Gasteiger partial charge is 0.147 e. The summed E-state index contributed by atoms with van der Waals surface area (Å²) in [5.41, 5.74) is 8.20. The number of hydrogen-bond acceptors (Lipinski definition) is 2. The average Bonchev–Trinajstić information content (AvgIpc) is 3.07. The van der Waals surface area contributed by atoms with Gasteiger partial charge in [0.1, 0.15) is 6.29 Å². The summed E-state index contributed by atoms with van der Waals surface area (Å²) in [5.74, 6) is 0. The molecule has 1 N–H and O–H groups in total. The number of carbonyl (C=O) groups is 1. The van der Waals surface area contributed by atoms with Crippen molar-refractivity contribution in [1.29, 1.82) is 0 Å². The second kappa shape index (κ2) is 9.02. The highest BCUT2D eigenvalue weighted by Gasteiger charge is 2.07. The number of aromatic nitrogens is 1. The van der Waals surface area contributed by atoms with Crippen molar-refractivity contribution in [3.05, 3.63) is 64.7 Å². The van der Waals surface area contributed by atoms with Crippen LogP contribution in [0.5, 0.6) is 0 Å². The Hall–Kier alpha value is -2.42. The van der Waals surface area contributed by atoms with Crippen LogP contribution in [0.15, 0.2) is 58.4 Å². The van der Waals surface area contributed by atoms with Gasteiger partial charge in [-0.2, -0.15) is 0 Å². The van der Waals surface area contributed by atoms with Gasteiger partial charge in [0.25, 0.3) is 0 Å². The first kappa shape index (κ1) is 19.6. The fraction of sp³-hybridized carbons (Fsp3) is 0.333. The Balaban J connectivity index is 3.02. The summed E-state index contributed by atoms with van der Waals surface area (Å²) in [7, 11) is 0. The van der Waals surface area contributed by atoms with Crippen LogP contribution in [-0.4, -0.2) is 17.0 Å². The van der Waals surface area contributed by atoms with Crippen molar-refractivity contribution in [3.63, 3.8) is 0 Å². The lowest BCUT2D eigenvalue weighted by atomic mass is 10.0. The normalized spacial score (nSPS) is 14.5. The molecule has 1 rings (SSSR count). The molecule has 0 fully saturated rings. The molecule has 1 aromatic heterocycles. The summed E-state index contributed by atoms with van der Waals surface area (Å²) in [6.07, 6.45) is 7.52. The summed E-state index contributed by atoms with van der Waals surface area (Å²) < 4.78 is 0. The van der Waals surface area contributed by atoms with Crippen LogP contribution in [0.1, 0.15) is 59.2 Å². The van der Waals surface area contributed by atoms with Gasteiger partial charge in [0, 0.05) is 34.9 Å². The molecule has 128 valence electrons. The lowest BCUT2D eigenvalue weighted by molar-refractivity contribution is -0.104. The summed E-state index contributed by atoms with van der Waals surface area (Å²) in [6, 6.07) is 2.04. The largest absolute Gasteiger partial charge is 0.361 e. The third kappa shape index (κ3) is 5.34. The van der Waals surface area contributed by atoms with E-state index in [9.17, 15) is 4.79 Å². The number of nitrogens with zero attached hydrogens (tertiary/aromatic N) is 1. The van der Waals surface area contributed by atoms with Gasteiger partial charge in [-0.1, -0.05) is 30.7 Å². The van der Waals surface area contributed by atoms with Gasteiger partial charge >= 0.3 is 0 Å². The quantitative estimate of drug-likeness (QED) is 0.300. The number of aldehydes is 1. The molecular formula is C21H28N2O. The Morgan fingerprint density at radius 2 is 1.92 bits per heavy atom. The van der Waals surface area contributed by atoms with Crippen molar-refractivity contribution >= 4 is 17.6 Å². The molecule has 0 amide bonds. The zero-order valence-electron chi connectivity index (χ0n) is 15.7. The van der Waals surface area contributed by atoms with Crippen LogP contribution in [0, 0.1) is 0 Å². The number of aromatic amines is 1. The topological polar surface area (TPSA) is 45.2 Å². The van der Waals surface area contributed by atoms with Gasteiger partial charge in [-0.25, -0.2) is 0 Å². The number of nitrogens with one attached hydrogen (secondary N) is 1. The zero-order valence-corrected chi connectivity index (χ0v) is 15.7. The molecule has 0 bridgehead atoms. The maximum Gasteiger partial charge on any atom is 0.147 e. The molecular weight excluding hydrogens is 296 g/mol. The molecule has 0 saturated carbocycles. The molecule has 0 aliphatic rings. The number of allylic oxidation sites excluding steroid dienone is 6. The summed E-state index contributed by atoms with van der Waals surface area (Å²) in [6.45, 7) is 16.4. The van der Waals surface area contributed by atoms with Crippen LogP contribution < -0.4 is 0 Å². The monoisotopic (exact) mass is 324 g/mol. The molecule has 0 aromatic carbocycles. The van der Waals surface area contributed by atoms with Crippen LogP contribution in [0.25, 0.3) is 5.57 Å². The average molecular weight is 324 g/mol. The molecule has 3 nitrogen and oxygen atoms in total. The lowest BCUT2D eigenvalue weighted by Crippen LogP contribution is -1.91. The summed E-state index contributed by atoms with van der Waals surface area (Å²) in [5, 5.41) is 0. The molecule has 0 aliphatic heterocycles. The SMILES string of the molecule is C=C(/C(C)=C/C(C)=C(\C)CC)c1cc(C(C)=N/C=C(\C)C=O)c[nH]1. The van der Waals surface area contributed by atoms with Gasteiger partial charge in [0.2, 0.25) is 0 Å². The molecule has 0 saturated heterocycles. The van der Waals surface area contributed by atoms with E-state index in [0.717, 1.165) is 40.8 Å². The second-order valence-electron chi connectivity index (χ2n) is 6.13. The maximum absolute atomic E-state index is 10.6. The number of carbonyl (C=O) groups excluding carboxylic acids is 1.